The first-order chi connectivity index (χ1) is 13.2. The third-order valence-corrected chi connectivity index (χ3v) is 4.16. The topological polar surface area (TPSA) is 63.4 Å². The van der Waals surface area contributed by atoms with Crippen molar-refractivity contribution in [2.24, 2.45) is 0 Å². The van der Waals surface area contributed by atoms with E-state index in [1.807, 2.05) is 67.6 Å². The molecule has 140 valence electrons. The fraction of sp³-hybridized carbons (Fsp3) is 0.227. The molecule has 3 aromatic rings. The maximum absolute atomic E-state index is 12.1. The Labute approximate surface area is 159 Å². The van der Waals surface area contributed by atoms with Crippen molar-refractivity contribution in [1.82, 2.24) is 4.98 Å². The minimum absolute atomic E-state index is 0.00639. The van der Waals surface area contributed by atoms with Gasteiger partial charge in [-0.25, -0.2) is 0 Å². The first-order valence-corrected chi connectivity index (χ1v) is 8.92. The molecule has 2 N–H and O–H groups in total. The lowest BCUT2D eigenvalue weighted by atomic mass is 10.1. The Hall–Kier alpha value is -3.05. The van der Waals surface area contributed by atoms with E-state index in [1.165, 1.54) is 0 Å². The van der Waals surface area contributed by atoms with Crippen molar-refractivity contribution in [3.63, 3.8) is 0 Å². The number of hydrogen-bond acceptors (Lipinski definition) is 4. The zero-order chi connectivity index (χ0) is 19.1. The number of aromatic amines is 1. The third kappa shape index (κ3) is 5.21. The van der Waals surface area contributed by atoms with Crippen LogP contribution in [0.3, 0.4) is 0 Å². The Kier molecular flexibility index (Phi) is 6.28. The van der Waals surface area contributed by atoms with Gasteiger partial charge in [-0.15, -0.1) is 0 Å². The number of benzene rings is 2. The Morgan fingerprint density at radius 2 is 1.78 bits per heavy atom. The van der Waals surface area contributed by atoms with Gasteiger partial charge < -0.3 is 19.8 Å². The standard InChI is InChI=1S/C22H24N2O3/c1-16(15-26-2)27-21-10-8-20(9-11-21)23-14-19-12-18(13-24-22(19)25)17-6-4-3-5-7-17/h3-13,16,23H,14-15H2,1-2H3,(H,24,25). The number of ether oxygens (including phenoxy) is 2. The van der Waals surface area contributed by atoms with Crippen LogP contribution in [0.5, 0.6) is 5.75 Å². The van der Waals surface area contributed by atoms with E-state index in [4.69, 9.17) is 9.47 Å². The summed E-state index contributed by atoms with van der Waals surface area (Å²) in [4.78, 5) is 15.0. The highest BCUT2D eigenvalue weighted by Gasteiger charge is 2.05. The van der Waals surface area contributed by atoms with E-state index in [0.29, 0.717) is 18.7 Å². The van der Waals surface area contributed by atoms with Crippen LogP contribution in [0.25, 0.3) is 11.1 Å². The molecule has 0 aliphatic heterocycles. The maximum Gasteiger partial charge on any atom is 0.252 e. The summed E-state index contributed by atoms with van der Waals surface area (Å²) in [5.41, 5.74) is 3.58. The third-order valence-electron chi connectivity index (χ3n) is 4.16. The number of nitrogens with one attached hydrogen (secondary N) is 2. The number of hydrogen-bond donors (Lipinski definition) is 2. The summed E-state index contributed by atoms with van der Waals surface area (Å²) in [6, 6.07) is 19.6. The van der Waals surface area contributed by atoms with Gasteiger partial charge in [0.2, 0.25) is 0 Å². The Balaban J connectivity index is 1.65. The molecule has 5 heteroatoms. The molecule has 0 amide bonds. The molecule has 0 saturated heterocycles. The molecule has 1 aromatic heterocycles. The smallest absolute Gasteiger partial charge is 0.252 e. The van der Waals surface area contributed by atoms with Gasteiger partial charge in [0.1, 0.15) is 11.9 Å². The lowest BCUT2D eigenvalue weighted by molar-refractivity contribution is 0.0921. The number of aromatic nitrogens is 1. The van der Waals surface area contributed by atoms with E-state index in [-0.39, 0.29) is 11.7 Å². The van der Waals surface area contributed by atoms with Crippen LogP contribution in [0, 0.1) is 0 Å². The van der Waals surface area contributed by atoms with Gasteiger partial charge >= 0.3 is 0 Å². The summed E-state index contributed by atoms with van der Waals surface area (Å²) in [5, 5.41) is 3.29. The van der Waals surface area contributed by atoms with Crippen LogP contribution < -0.4 is 15.6 Å². The van der Waals surface area contributed by atoms with Gasteiger partial charge in [-0.05, 0) is 48.4 Å². The zero-order valence-electron chi connectivity index (χ0n) is 15.6. The predicted octanol–water partition coefficient (Wildman–Crippen LogP) is 4.07. The molecule has 1 unspecified atom stereocenters. The van der Waals surface area contributed by atoms with Crippen molar-refractivity contribution in [2.75, 3.05) is 19.0 Å². The van der Waals surface area contributed by atoms with Crippen LogP contribution in [0.15, 0.2) is 71.7 Å². The van der Waals surface area contributed by atoms with Gasteiger partial charge in [-0.3, -0.25) is 4.79 Å². The van der Waals surface area contributed by atoms with Crippen LogP contribution in [0.4, 0.5) is 5.69 Å². The van der Waals surface area contributed by atoms with Gasteiger partial charge in [0.15, 0.2) is 0 Å². The van der Waals surface area contributed by atoms with Crippen molar-refractivity contribution in [2.45, 2.75) is 19.6 Å². The molecule has 1 heterocycles. The summed E-state index contributed by atoms with van der Waals surface area (Å²) in [5.74, 6) is 0.786. The second-order valence-electron chi connectivity index (χ2n) is 6.37. The first kappa shape index (κ1) is 18.7. The van der Waals surface area contributed by atoms with Crippen LogP contribution >= 0.6 is 0 Å². The minimum Gasteiger partial charge on any atom is -0.488 e. The summed E-state index contributed by atoms with van der Waals surface area (Å²) < 4.78 is 10.8. The Bertz CT molecular complexity index is 905. The average Bonchev–Trinajstić information content (AvgIpc) is 2.69. The average molecular weight is 364 g/mol. The van der Waals surface area contributed by atoms with Crippen LogP contribution in [0.2, 0.25) is 0 Å². The minimum atomic E-state index is -0.0875. The van der Waals surface area contributed by atoms with Gasteiger partial charge in [0.05, 0.1) is 6.61 Å². The van der Waals surface area contributed by atoms with Crippen molar-refractivity contribution < 1.29 is 9.47 Å². The molecular formula is C22H24N2O3. The van der Waals surface area contributed by atoms with Crippen molar-refractivity contribution in [3.05, 3.63) is 82.8 Å². The lowest BCUT2D eigenvalue weighted by Crippen LogP contribution is -2.18. The predicted molar refractivity (Wildman–Crippen MR) is 108 cm³/mol. The van der Waals surface area contributed by atoms with Gasteiger partial charge in [-0.1, -0.05) is 30.3 Å². The number of pyridine rings is 1. The zero-order valence-corrected chi connectivity index (χ0v) is 15.6. The van der Waals surface area contributed by atoms with Crippen LogP contribution in [-0.2, 0) is 11.3 Å². The van der Waals surface area contributed by atoms with Crippen molar-refractivity contribution in [3.8, 4) is 16.9 Å². The molecule has 0 aliphatic carbocycles. The first-order valence-electron chi connectivity index (χ1n) is 8.92. The second-order valence-corrected chi connectivity index (χ2v) is 6.37. The van der Waals surface area contributed by atoms with E-state index in [1.54, 1.807) is 13.3 Å². The highest BCUT2D eigenvalue weighted by molar-refractivity contribution is 5.63. The summed E-state index contributed by atoms with van der Waals surface area (Å²) >= 11 is 0. The maximum atomic E-state index is 12.1. The van der Waals surface area contributed by atoms with Gasteiger partial charge in [0.25, 0.3) is 5.56 Å². The molecular weight excluding hydrogens is 340 g/mol. The van der Waals surface area contributed by atoms with Crippen LogP contribution in [-0.4, -0.2) is 24.8 Å². The summed E-state index contributed by atoms with van der Waals surface area (Å²) in [6.07, 6.45) is 1.74. The van der Waals surface area contributed by atoms with E-state index in [0.717, 1.165) is 22.6 Å². The van der Waals surface area contributed by atoms with Crippen molar-refractivity contribution >= 4 is 5.69 Å². The molecule has 0 spiro atoms. The highest BCUT2D eigenvalue weighted by atomic mass is 16.5. The molecule has 0 bridgehead atoms. The van der Waals surface area contributed by atoms with E-state index in [2.05, 4.69) is 10.3 Å². The lowest BCUT2D eigenvalue weighted by Gasteiger charge is -2.14. The van der Waals surface area contributed by atoms with Crippen LogP contribution in [0.1, 0.15) is 12.5 Å². The Morgan fingerprint density at radius 1 is 1.04 bits per heavy atom. The molecule has 27 heavy (non-hydrogen) atoms. The summed E-state index contributed by atoms with van der Waals surface area (Å²) in [7, 11) is 1.65. The normalized spacial score (nSPS) is 11.8. The van der Waals surface area contributed by atoms with Crippen molar-refractivity contribution in [1.29, 1.82) is 0 Å². The van der Waals surface area contributed by atoms with Gasteiger partial charge in [0, 0.05) is 31.1 Å². The number of H-pyrrole nitrogens is 1. The monoisotopic (exact) mass is 364 g/mol. The number of rotatable bonds is 8. The molecule has 1 atom stereocenters. The molecule has 2 aromatic carbocycles. The molecule has 0 saturated carbocycles. The van der Waals surface area contributed by atoms with Gasteiger partial charge in [-0.2, -0.15) is 0 Å². The molecule has 3 rings (SSSR count). The number of methoxy groups -OCH3 is 1. The highest BCUT2D eigenvalue weighted by Crippen LogP contribution is 2.19. The fourth-order valence-corrected chi connectivity index (χ4v) is 2.81. The molecule has 5 nitrogen and oxygen atoms in total. The fourth-order valence-electron chi connectivity index (χ4n) is 2.81. The molecule has 0 fully saturated rings. The summed E-state index contributed by atoms with van der Waals surface area (Å²) in [6.45, 7) is 2.94. The van der Waals surface area contributed by atoms with E-state index < -0.39 is 0 Å². The van der Waals surface area contributed by atoms with E-state index >= 15 is 0 Å². The van der Waals surface area contributed by atoms with E-state index in [9.17, 15) is 4.79 Å². The quantitative estimate of drug-likeness (QED) is 0.632. The largest absolute Gasteiger partial charge is 0.488 e. The SMILES string of the molecule is COCC(C)Oc1ccc(NCc2cc(-c3ccccc3)c[nH]c2=O)cc1. The molecule has 0 radical (unpaired) electrons. The second kappa shape index (κ2) is 9.05. The number of anilines is 1. The Morgan fingerprint density at radius 3 is 2.48 bits per heavy atom. The molecule has 0 aliphatic rings.